The second kappa shape index (κ2) is 7.86. The molecule has 7 heteroatoms. The highest BCUT2D eigenvalue weighted by atomic mass is 16.5. The van der Waals surface area contributed by atoms with Crippen molar-refractivity contribution in [3.05, 3.63) is 12.2 Å². The van der Waals surface area contributed by atoms with E-state index in [2.05, 4.69) is 10.6 Å². The van der Waals surface area contributed by atoms with E-state index in [1.54, 1.807) is 4.90 Å². The lowest BCUT2D eigenvalue weighted by atomic mass is 9.74. The van der Waals surface area contributed by atoms with Gasteiger partial charge in [-0.1, -0.05) is 50.7 Å². The Hall–Kier alpha value is -1.89. The van der Waals surface area contributed by atoms with Gasteiger partial charge in [0.25, 0.3) is 0 Å². The van der Waals surface area contributed by atoms with Crippen LogP contribution in [0, 0.1) is 11.8 Å². The molecule has 5 atom stereocenters. The maximum atomic E-state index is 13.7. The zero-order chi connectivity index (χ0) is 21.9. The summed E-state index contributed by atoms with van der Waals surface area (Å²) < 4.78 is 6.41. The first-order chi connectivity index (χ1) is 15.6. The van der Waals surface area contributed by atoms with Gasteiger partial charge in [-0.25, -0.2) is 0 Å². The first kappa shape index (κ1) is 20.7. The topological polar surface area (TPSA) is 87.7 Å². The van der Waals surface area contributed by atoms with Crippen LogP contribution in [0.3, 0.4) is 0 Å². The highest BCUT2D eigenvalue weighted by Gasteiger charge is 2.74. The molecule has 0 aromatic carbocycles. The van der Waals surface area contributed by atoms with E-state index in [0.717, 1.165) is 64.2 Å². The summed E-state index contributed by atoms with van der Waals surface area (Å²) in [5.41, 5.74) is -1.00. The standard InChI is InChI=1S/C25H35N3O4/c29-22(26-15-7-3-1-4-8-15)19-18-13-14-25(32-18)20(19)24(31)28(17-11-12-17)21(25)23(30)27-16-9-5-2-6-10-16/h13-21H,1-12H2,(H,26,29)(H,27,30)/t18-,19-,20-,21+,25-/m1/s1. The molecular weight excluding hydrogens is 406 g/mol. The van der Waals surface area contributed by atoms with Crippen LogP contribution in [0.2, 0.25) is 0 Å². The van der Waals surface area contributed by atoms with Gasteiger partial charge in [0.2, 0.25) is 17.7 Å². The van der Waals surface area contributed by atoms with Crippen LogP contribution in [-0.4, -0.2) is 58.5 Å². The van der Waals surface area contributed by atoms with E-state index in [9.17, 15) is 14.4 Å². The van der Waals surface area contributed by atoms with Gasteiger partial charge in [0, 0.05) is 18.1 Å². The lowest BCUT2D eigenvalue weighted by Gasteiger charge is -2.34. The van der Waals surface area contributed by atoms with Gasteiger partial charge < -0.3 is 20.3 Å². The zero-order valence-electron chi connectivity index (χ0n) is 18.8. The Morgan fingerprint density at radius 2 is 1.47 bits per heavy atom. The Labute approximate surface area is 189 Å². The number of likely N-dealkylation sites (tertiary alicyclic amines) is 1. The van der Waals surface area contributed by atoms with Gasteiger partial charge >= 0.3 is 0 Å². The third-order valence-corrected chi connectivity index (χ3v) is 8.71. The molecule has 2 bridgehead atoms. The van der Waals surface area contributed by atoms with Gasteiger partial charge in [0.1, 0.15) is 11.6 Å². The molecule has 0 radical (unpaired) electrons. The maximum absolute atomic E-state index is 13.7. The van der Waals surface area contributed by atoms with E-state index < -0.39 is 29.6 Å². The van der Waals surface area contributed by atoms with Crippen LogP contribution in [0.5, 0.6) is 0 Å². The smallest absolute Gasteiger partial charge is 0.246 e. The minimum atomic E-state index is -1.00. The fourth-order valence-electron chi connectivity index (χ4n) is 7.02. The van der Waals surface area contributed by atoms with Crippen molar-refractivity contribution >= 4 is 17.7 Å². The van der Waals surface area contributed by atoms with Crippen molar-refractivity contribution in [3.63, 3.8) is 0 Å². The van der Waals surface area contributed by atoms with Crippen LogP contribution >= 0.6 is 0 Å². The lowest BCUT2D eigenvalue weighted by molar-refractivity contribution is -0.142. The molecule has 3 amide bonds. The van der Waals surface area contributed by atoms with Gasteiger partial charge in [0.15, 0.2) is 0 Å². The molecule has 174 valence electrons. The number of carbonyl (C=O) groups excluding carboxylic acids is 3. The molecule has 3 heterocycles. The second-order valence-electron chi connectivity index (χ2n) is 10.9. The number of rotatable bonds is 5. The minimum Gasteiger partial charge on any atom is -0.359 e. The molecular formula is C25H35N3O4. The van der Waals surface area contributed by atoms with Gasteiger partial charge in [0.05, 0.1) is 17.9 Å². The van der Waals surface area contributed by atoms with E-state index in [1.165, 1.54) is 12.8 Å². The number of hydrogen-bond donors (Lipinski definition) is 2. The number of hydrogen-bond acceptors (Lipinski definition) is 4. The largest absolute Gasteiger partial charge is 0.359 e. The van der Waals surface area contributed by atoms with E-state index in [0.29, 0.717) is 0 Å². The predicted octanol–water partition coefficient (Wildman–Crippen LogP) is 2.20. The quantitative estimate of drug-likeness (QED) is 0.641. The average molecular weight is 442 g/mol. The second-order valence-corrected chi connectivity index (χ2v) is 10.9. The van der Waals surface area contributed by atoms with Gasteiger partial charge in [-0.15, -0.1) is 0 Å². The van der Waals surface area contributed by atoms with Crippen molar-refractivity contribution < 1.29 is 19.1 Å². The van der Waals surface area contributed by atoms with Crippen molar-refractivity contribution in [2.45, 2.75) is 113 Å². The van der Waals surface area contributed by atoms with Crippen molar-refractivity contribution in [2.75, 3.05) is 0 Å². The molecule has 3 aliphatic heterocycles. The normalized spacial score (nSPS) is 39.4. The van der Waals surface area contributed by atoms with Crippen molar-refractivity contribution in [1.82, 2.24) is 15.5 Å². The minimum absolute atomic E-state index is 0.0630. The Morgan fingerprint density at radius 1 is 0.875 bits per heavy atom. The molecule has 7 nitrogen and oxygen atoms in total. The molecule has 3 saturated carbocycles. The first-order valence-corrected chi connectivity index (χ1v) is 12.9. The summed E-state index contributed by atoms with van der Waals surface area (Å²) in [5.74, 6) is -1.37. The third-order valence-electron chi connectivity index (χ3n) is 8.71. The van der Waals surface area contributed by atoms with Gasteiger partial charge in [-0.05, 0) is 38.5 Å². The molecule has 3 aliphatic carbocycles. The van der Waals surface area contributed by atoms with Crippen LogP contribution in [0.25, 0.3) is 0 Å². The molecule has 0 aromatic heterocycles. The monoisotopic (exact) mass is 441 g/mol. The van der Waals surface area contributed by atoms with Crippen molar-refractivity contribution in [1.29, 1.82) is 0 Å². The molecule has 0 unspecified atom stereocenters. The molecule has 6 rings (SSSR count). The van der Waals surface area contributed by atoms with E-state index in [-0.39, 0.29) is 35.8 Å². The van der Waals surface area contributed by atoms with Gasteiger partial charge in [-0.3, -0.25) is 14.4 Å². The van der Waals surface area contributed by atoms with Crippen LogP contribution in [0.1, 0.15) is 77.0 Å². The summed E-state index contributed by atoms with van der Waals surface area (Å²) in [6.07, 6.45) is 16.3. The van der Waals surface area contributed by atoms with Crippen LogP contribution < -0.4 is 10.6 Å². The van der Waals surface area contributed by atoms with Crippen molar-refractivity contribution in [2.24, 2.45) is 11.8 Å². The zero-order valence-corrected chi connectivity index (χ0v) is 18.8. The summed E-state index contributed by atoms with van der Waals surface area (Å²) in [5, 5.41) is 6.47. The Balaban J connectivity index is 1.26. The van der Waals surface area contributed by atoms with Crippen LogP contribution in [0.15, 0.2) is 12.2 Å². The SMILES string of the molecule is O=C(NC1CCCCC1)[C@@H]1[C@H]2C=C[C@]3(O2)[C@H](C(=O)NC2CCCCC2)N(C2CC2)C(=O)[C@@H]13. The lowest BCUT2D eigenvalue weighted by Crippen LogP contribution is -2.57. The Bertz CT molecular complexity index is 827. The fraction of sp³-hybridized carbons (Fsp3) is 0.800. The number of nitrogens with one attached hydrogen (secondary N) is 2. The van der Waals surface area contributed by atoms with Crippen LogP contribution in [-0.2, 0) is 19.1 Å². The predicted molar refractivity (Wildman–Crippen MR) is 117 cm³/mol. The Morgan fingerprint density at radius 3 is 2.06 bits per heavy atom. The number of ether oxygens (including phenoxy) is 1. The summed E-state index contributed by atoms with van der Waals surface area (Å²) in [6, 6.07) is -0.196. The summed E-state index contributed by atoms with van der Waals surface area (Å²) >= 11 is 0. The fourth-order valence-corrected chi connectivity index (χ4v) is 7.02. The van der Waals surface area contributed by atoms with Crippen LogP contribution in [0.4, 0.5) is 0 Å². The molecule has 0 aromatic rings. The molecule has 2 saturated heterocycles. The summed E-state index contributed by atoms with van der Waals surface area (Å²) in [6.45, 7) is 0. The number of amides is 3. The molecule has 5 fully saturated rings. The van der Waals surface area contributed by atoms with E-state index in [1.807, 2.05) is 12.2 Å². The maximum Gasteiger partial charge on any atom is 0.246 e. The molecule has 2 N–H and O–H groups in total. The first-order valence-electron chi connectivity index (χ1n) is 12.9. The number of fused-ring (bicyclic) bond motifs is 1. The highest BCUT2D eigenvalue weighted by Crippen LogP contribution is 2.57. The van der Waals surface area contributed by atoms with E-state index >= 15 is 0 Å². The average Bonchev–Trinajstić information content (AvgIpc) is 3.39. The summed E-state index contributed by atoms with van der Waals surface area (Å²) in [7, 11) is 0. The Kier molecular flexibility index (Phi) is 5.08. The van der Waals surface area contributed by atoms with E-state index in [4.69, 9.17) is 4.74 Å². The molecule has 6 aliphatic rings. The highest BCUT2D eigenvalue weighted by molar-refractivity contribution is 6.00. The third kappa shape index (κ3) is 3.22. The number of nitrogens with zero attached hydrogens (tertiary/aromatic N) is 1. The van der Waals surface area contributed by atoms with Gasteiger partial charge in [-0.2, -0.15) is 0 Å². The molecule has 32 heavy (non-hydrogen) atoms. The molecule has 1 spiro atoms. The van der Waals surface area contributed by atoms with Crippen molar-refractivity contribution in [3.8, 4) is 0 Å². The summed E-state index contributed by atoms with van der Waals surface area (Å²) in [4.78, 5) is 42.5. The number of carbonyl (C=O) groups is 3.